The van der Waals surface area contributed by atoms with Crippen molar-refractivity contribution in [2.75, 3.05) is 57.1 Å². The number of hydrogen-bond acceptors (Lipinski definition) is 4. The van der Waals surface area contributed by atoms with E-state index in [0.717, 1.165) is 64.5 Å². The highest BCUT2D eigenvalue weighted by atomic mass is 32.2. The minimum Gasteiger partial charge on any atom is -0.381 e. The monoisotopic (exact) mass is 366 g/mol. The second-order valence-corrected chi connectivity index (χ2v) is 7.90. The van der Waals surface area contributed by atoms with E-state index in [0.29, 0.717) is 5.96 Å². The smallest absolute Gasteiger partial charge is 0.191 e. The number of nitrogens with zero attached hydrogens (tertiary/aromatic N) is 3. The molecule has 0 saturated carbocycles. The van der Waals surface area contributed by atoms with Gasteiger partial charge in [-0.2, -0.15) is 11.8 Å². The molecule has 2 heterocycles. The van der Waals surface area contributed by atoms with Crippen molar-refractivity contribution in [3.05, 3.63) is 30.1 Å². The highest BCUT2D eigenvalue weighted by Gasteiger charge is 2.32. The number of halogens is 1. The number of nitrogens with two attached hydrogens (primary N) is 1. The molecule has 25 heavy (non-hydrogen) atoms. The van der Waals surface area contributed by atoms with Crippen molar-refractivity contribution >= 4 is 23.4 Å². The van der Waals surface area contributed by atoms with Gasteiger partial charge in [0.05, 0.1) is 6.54 Å². The molecule has 2 N–H and O–H groups in total. The Labute approximate surface area is 153 Å². The summed E-state index contributed by atoms with van der Waals surface area (Å²) in [5.74, 6) is 0.438. The SMILES string of the molecule is CSC1(CN=C(N)N2CCN(c3ccc(F)cc3)CC2)CCOCC1. The van der Waals surface area contributed by atoms with E-state index >= 15 is 0 Å². The molecule has 2 saturated heterocycles. The number of hydrogen-bond donors (Lipinski definition) is 1. The van der Waals surface area contributed by atoms with Crippen molar-refractivity contribution < 1.29 is 9.13 Å². The first-order valence-corrected chi connectivity index (χ1v) is 10.0. The zero-order valence-corrected chi connectivity index (χ0v) is 15.6. The Kier molecular flexibility index (Phi) is 6.06. The van der Waals surface area contributed by atoms with Crippen molar-refractivity contribution in [3.8, 4) is 0 Å². The van der Waals surface area contributed by atoms with E-state index in [1.54, 1.807) is 0 Å². The van der Waals surface area contributed by atoms with Crippen molar-refractivity contribution in [2.45, 2.75) is 17.6 Å². The fraction of sp³-hybridized carbons (Fsp3) is 0.611. The standard InChI is InChI=1S/C18H27FN4OS/c1-25-18(6-12-24-13-7-18)14-21-17(20)23-10-8-22(9-11-23)16-4-2-15(19)3-5-16/h2-5H,6-14H2,1H3,(H2,20,21). The highest BCUT2D eigenvalue weighted by Crippen LogP contribution is 2.34. The Morgan fingerprint density at radius 1 is 1.20 bits per heavy atom. The Hall–Kier alpha value is -1.47. The van der Waals surface area contributed by atoms with Crippen LogP contribution >= 0.6 is 11.8 Å². The van der Waals surface area contributed by atoms with E-state index in [-0.39, 0.29) is 10.6 Å². The van der Waals surface area contributed by atoms with Crippen LogP contribution in [0.4, 0.5) is 10.1 Å². The van der Waals surface area contributed by atoms with Gasteiger partial charge in [0.2, 0.25) is 0 Å². The second-order valence-electron chi connectivity index (χ2n) is 6.62. The predicted octanol–water partition coefficient (Wildman–Crippen LogP) is 2.17. The number of anilines is 1. The molecular formula is C18H27FN4OS. The summed E-state index contributed by atoms with van der Waals surface area (Å²) in [4.78, 5) is 9.10. The van der Waals surface area contributed by atoms with Gasteiger partial charge in [0.25, 0.3) is 0 Å². The molecule has 2 fully saturated rings. The third-order valence-electron chi connectivity index (χ3n) is 5.16. The molecule has 0 radical (unpaired) electrons. The van der Waals surface area contributed by atoms with Crippen molar-refractivity contribution in [1.82, 2.24) is 4.90 Å². The van der Waals surface area contributed by atoms with Gasteiger partial charge >= 0.3 is 0 Å². The Bertz CT molecular complexity index is 581. The van der Waals surface area contributed by atoms with Gasteiger partial charge in [-0.1, -0.05) is 0 Å². The summed E-state index contributed by atoms with van der Waals surface area (Å²) in [5, 5.41) is 0. The number of piperazine rings is 1. The predicted molar refractivity (Wildman–Crippen MR) is 103 cm³/mol. The maximum atomic E-state index is 13.1. The molecule has 3 rings (SSSR count). The molecule has 0 aliphatic carbocycles. The topological polar surface area (TPSA) is 54.1 Å². The molecule has 7 heteroatoms. The van der Waals surface area contributed by atoms with E-state index in [9.17, 15) is 4.39 Å². The number of benzene rings is 1. The molecule has 0 atom stereocenters. The van der Waals surface area contributed by atoms with Crippen LogP contribution in [-0.2, 0) is 4.74 Å². The van der Waals surface area contributed by atoms with Gasteiger partial charge in [0.1, 0.15) is 5.82 Å². The molecule has 0 bridgehead atoms. The van der Waals surface area contributed by atoms with E-state index in [4.69, 9.17) is 15.5 Å². The minimum atomic E-state index is -0.199. The third kappa shape index (κ3) is 4.58. The number of guanidine groups is 1. The van der Waals surface area contributed by atoms with E-state index in [1.165, 1.54) is 12.1 Å². The zero-order valence-electron chi connectivity index (χ0n) is 14.8. The number of thioether (sulfide) groups is 1. The lowest BCUT2D eigenvalue weighted by Crippen LogP contribution is -2.51. The lowest BCUT2D eigenvalue weighted by atomic mass is 9.99. The van der Waals surface area contributed by atoms with E-state index < -0.39 is 0 Å². The summed E-state index contributed by atoms with van der Waals surface area (Å²) in [6.07, 6.45) is 4.21. The zero-order chi connectivity index (χ0) is 17.7. The summed E-state index contributed by atoms with van der Waals surface area (Å²) in [5.41, 5.74) is 7.31. The number of ether oxygens (including phenoxy) is 1. The van der Waals surface area contributed by atoms with Crippen LogP contribution in [0.2, 0.25) is 0 Å². The van der Waals surface area contributed by atoms with Gasteiger partial charge in [-0.15, -0.1) is 0 Å². The molecule has 0 aromatic heterocycles. The van der Waals surface area contributed by atoms with Gasteiger partial charge in [0, 0.05) is 49.8 Å². The van der Waals surface area contributed by atoms with Crippen LogP contribution in [0.1, 0.15) is 12.8 Å². The Morgan fingerprint density at radius 2 is 1.84 bits per heavy atom. The molecule has 0 spiro atoms. The van der Waals surface area contributed by atoms with Gasteiger partial charge in [-0.3, -0.25) is 4.99 Å². The van der Waals surface area contributed by atoms with Crippen molar-refractivity contribution in [2.24, 2.45) is 10.7 Å². The molecule has 1 aromatic carbocycles. The van der Waals surface area contributed by atoms with Crippen LogP contribution < -0.4 is 10.6 Å². The lowest BCUT2D eigenvalue weighted by Gasteiger charge is -2.37. The van der Waals surface area contributed by atoms with Gasteiger partial charge in [-0.25, -0.2) is 4.39 Å². The fourth-order valence-corrected chi connectivity index (χ4v) is 4.11. The van der Waals surface area contributed by atoms with Crippen LogP contribution in [0, 0.1) is 5.82 Å². The summed E-state index contributed by atoms with van der Waals surface area (Å²) in [6.45, 7) is 5.78. The second kappa shape index (κ2) is 8.27. The molecule has 0 amide bonds. The highest BCUT2D eigenvalue weighted by molar-refractivity contribution is 8.00. The summed E-state index contributed by atoms with van der Waals surface area (Å²) in [7, 11) is 0. The third-order valence-corrected chi connectivity index (χ3v) is 6.57. The molecule has 138 valence electrons. The van der Waals surface area contributed by atoms with Gasteiger partial charge in [-0.05, 0) is 43.4 Å². The first-order valence-electron chi connectivity index (χ1n) is 8.80. The summed E-state index contributed by atoms with van der Waals surface area (Å²) in [6, 6.07) is 6.67. The Morgan fingerprint density at radius 3 is 2.44 bits per heavy atom. The average Bonchev–Trinajstić information content (AvgIpc) is 2.67. The maximum Gasteiger partial charge on any atom is 0.191 e. The molecule has 5 nitrogen and oxygen atoms in total. The van der Waals surface area contributed by atoms with Crippen LogP contribution in [0.15, 0.2) is 29.3 Å². The number of aliphatic imine (C=N–C) groups is 1. The number of rotatable bonds is 4. The lowest BCUT2D eigenvalue weighted by molar-refractivity contribution is 0.0793. The van der Waals surface area contributed by atoms with E-state index in [1.807, 2.05) is 23.9 Å². The largest absolute Gasteiger partial charge is 0.381 e. The fourth-order valence-electron chi connectivity index (χ4n) is 3.34. The summed E-state index contributed by atoms with van der Waals surface area (Å²) < 4.78 is 18.7. The first kappa shape index (κ1) is 18.3. The molecule has 0 unspecified atom stereocenters. The summed E-state index contributed by atoms with van der Waals surface area (Å²) >= 11 is 1.88. The van der Waals surface area contributed by atoms with Crippen molar-refractivity contribution in [1.29, 1.82) is 0 Å². The first-order chi connectivity index (χ1) is 12.1. The maximum absolute atomic E-state index is 13.1. The minimum absolute atomic E-state index is 0.165. The normalized spacial score (nSPS) is 21.4. The molecule has 1 aromatic rings. The van der Waals surface area contributed by atoms with Crippen molar-refractivity contribution in [3.63, 3.8) is 0 Å². The van der Waals surface area contributed by atoms with Crippen LogP contribution in [0.5, 0.6) is 0 Å². The Balaban J connectivity index is 1.53. The molecule has 2 aliphatic rings. The van der Waals surface area contributed by atoms with E-state index in [2.05, 4.69) is 16.1 Å². The van der Waals surface area contributed by atoms with Gasteiger partial charge < -0.3 is 20.3 Å². The quantitative estimate of drug-likeness (QED) is 0.654. The average molecular weight is 367 g/mol. The van der Waals surface area contributed by atoms with Gasteiger partial charge in [0.15, 0.2) is 5.96 Å². The molecular weight excluding hydrogens is 339 g/mol. The molecule has 2 aliphatic heterocycles. The van der Waals surface area contributed by atoms with Crippen LogP contribution in [-0.4, -0.2) is 67.8 Å². The van der Waals surface area contributed by atoms with Crippen LogP contribution in [0.3, 0.4) is 0 Å². The van der Waals surface area contributed by atoms with Crippen LogP contribution in [0.25, 0.3) is 0 Å².